The zero-order valence-electron chi connectivity index (χ0n) is 36.3. The van der Waals surface area contributed by atoms with Crippen molar-refractivity contribution in [3.05, 3.63) is 85.1 Å². The van der Waals surface area contributed by atoms with Crippen LogP contribution >= 0.6 is 0 Å². The van der Waals surface area contributed by atoms with Crippen LogP contribution in [-0.2, 0) is 28.5 Å². The van der Waals surface area contributed by atoms with Gasteiger partial charge in [0.25, 0.3) is 0 Å². The largest absolute Gasteiger partial charge is 0.481 e. The second kappa shape index (κ2) is 27.2. The summed E-state index contributed by atoms with van der Waals surface area (Å²) in [5.41, 5.74) is 0. The highest BCUT2D eigenvalue weighted by atomic mass is 16.7. The number of aliphatic carboxylic acids is 1. The fourth-order valence-corrected chi connectivity index (χ4v) is 7.69. The predicted molar refractivity (Wildman–Crippen MR) is 229 cm³/mol. The number of aliphatic hydroxyl groups is 10. The lowest BCUT2D eigenvalue weighted by Gasteiger charge is -2.44. The zero-order chi connectivity index (χ0) is 46.7. The minimum atomic E-state index is -2.29. The number of ether oxygens (including phenoxy) is 4. The maximum atomic E-state index is 12.6. The Morgan fingerprint density at radius 2 is 1.22 bits per heavy atom. The molecule has 0 spiro atoms. The summed E-state index contributed by atoms with van der Waals surface area (Å²) in [6.45, 7) is 5.09. The van der Waals surface area contributed by atoms with E-state index in [4.69, 9.17) is 18.9 Å². The monoisotopic (exact) mass is 894 g/mol. The Balaban J connectivity index is 1.83. The number of rotatable bonds is 3. The Hall–Kier alpha value is -3.40. The molecule has 11 N–H and O–H groups in total. The lowest BCUT2D eigenvalue weighted by atomic mass is 9.82. The lowest BCUT2D eigenvalue weighted by Crippen LogP contribution is -2.56. The van der Waals surface area contributed by atoms with Gasteiger partial charge >= 0.3 is 11.9 Å². The number of hydrogen-bond donors (Lipinski definition) is 11. The lowest BCUT2D eigenvalue weighted by molar-refractivity contribution is -0.305. The molecule has 3 heterocycles. The molecule has 17 atom stereocenters. The minimum absolute atomic E-state index is 0.0404. The van der Waals surface area contributed by atoms with Crippen LogP contribution in [-0.4, -0.2) is 160 Å². The molecule has 0 aromatic heterocycles. The van der Waals surface area contributed by atoms with Gasteiger partial charge in [0.05, 0.1) is 74.1 Å². The molecule has 3 rings (SSSR count). The van der Waals surface area contributed by atoms with E-state index in [1.165, 1.54) is 0 Å². The number of carbonyl (C=O) groups excluding carboxylic acids is 1. The normalized spacial score (nSPS) is 44.2. The van der Waals surface area contributed by atoms with Crippen LogP contribution in [0.15, 0.2) is 85.1 Å². The molecule has 63 heavy (non-hydrogen) atoms. The molecule has 0 radical (unpaired) electrons. The van der Waals surface area contributed by atoms with E-state index in [2.05, 4.69) is 0 Å². The van der Waals surface area contributed by atoms with E-state index < -0.39 is 135 Å². The molecular weight excluding hydrogens is 824 g/mol. The summed E-state index contributed by atoms with van der Waals surface area (Å²) < 4.78 is 22.9. The molecule has 3 aliphatic heterocycles. The van der Waals surface area contributed by atoms with E-state index in [1.807, 2.05) is 31.2 Å². The third-order valence-corrected chi connectivity index (χ3v) is 11.4. The molecule has 0 aliphatic carbocycles. The first-order valence-electron chi connectivity index (χ1n) is 21.7. The third-order valence-electron chi connectivity index (χ3n) is 11.4. The maximum absolute atomic E-state index is 12.6. The third kappa shape index (κ3) is 19.3. The molecule has 356 valence electrons. The SMILES string of the molecule is C[C@@H]1[C@H](O)[C@@H](C)/C=C/C=C/C=C/C=C/C=C/C=C/C=C/C(O[C@@H]2OC[C@@H](O)C[C@H]2O)C[C@@H]2OC(O)(C[C@@H](O)C[C@@H](O)C(O)CCC(O)CC(O)CC(=O)O[C@H]1C)C[C@H](O)[C@H]2C(=O)O. The van der Waals surface area contributed by atoms with Gasteiger partial charge in [-0.15, -0.1) is 0 Å². The van der Waals surface area contributed by atoms with Crippen molar-refractivity contribution >= 4 is 11.9 Å². The first kappa shape index (κ1) is 53.9. The Labute approximate surface area is 369 Å². The van der Waals surface area contributed by atoms with Crippen molar-refractivity contribution in [3.63, 3.8) is 0 Å². The molecular formula is C46H70O17. The smallest absolute Gasteiger partial charge is 0.311 e. The van der Waals surface area contributed by atoms with Crippen LogP contribution in [0.3, 0.4) is 0 Å². The van der Waals surface area contributed by atoms with Gasteiger partial charge in [0.1, 0.15) is 18.1 Å². The van der Waals surface area contributed by atoms with Crippen molar-refractivity contribution in [1.82, 2.24) is 0 Å². The van der Waals surface area contributed by atoms with Gasteiger partial charge in [0.2, 0.25) is 0 Å². The van der Waals surface area contributed by atoms with E-state index in [0.29, 0.717) is 0 Å². The van der Waals surface area contributed by atoms with Gasteiger partial charge in [0, 0.05) is 43.9 Å². The average molecular weight is 895 g/mol. The molecule has 0 amide bonds. The maximum Gasteiger partial charge on any atom is 0.311 e. The van der Waals surface area contributed by atoms with Crippen molar-refractivity contribution in [3.8, 4) is 0 Å². The molecule has 17 heteroatoms. The standard InChI is InChI=1S/C46H70O17/c1-28-16-14-12-10-8-6-4-5-7-9-11-13-15-17-35(62-45-38(53)22-34(50)27-60-45)24-40-42(44(57)58)39(54)26-46(59,63-40)25-33(49)21-37(52)36(51)19-18-31(47)20-32(48)23-41(55)61-30(3)29(2)43(28)56/h4-17,28-40,42-43,45,47-54,56,59H,18-27H2,1-3H3,(H,57,58)/b5-4+,8-6+,9-7+,12-10+,13-11+,16-14+,17-15+/t28-,29-,30-,31?,32?,33-,34-,35?,36?,37+,38+,39-,40-,42+,43+,45-,46?/m0/s1. The number of carboxylic acid groups (broad SMARTS) is 1. The Bertz CT molecular complexity index is 1590. The number of carbonyl (C=O) groups is 2. The molecule has 3 aliphatic rings. The Morgan fingerprint density at radius 3 is 1.81 bits per heavy atom. The second-order valence-corrected chi connectivity index (χ2v) is 17.0. The topological polar surface area (TPSA) is 294 Å². The zero-order valence-corrected chi connectivity index (χ0v) is 36.3. The van der Waals surface area contributed by atoms with E-state index in [9.17, 15) is 65.8 Å². The molecule has 0 aromatic rings. The molecule has 5 unspecified atom stereocenters. The van der Waals surface area contributed by atoms with Crippen molar-refractivity contribution in [2.45, 2.75) is 164 Å². The van der Waals surface area contributed by atoms with E-state index in [-0.39, 0.29) is 44.6 Å². The minimum Gasteiger partial charge on any atom is -0.481 e. The number of hydrogen-bond acceptors (Lipinski definition) is 16. The highest BCUT2D eigenvalue weighted by molar-refractivity contribution is 5.71. The summed E-state index contributed by atoms with van der Waals surface area (Å²) in [5.74, 6) is -6.72. The van der Waals surface area contributed by atoms with Gasteiger partial charge < -0.3 is 75.1 Å². The molecule has 2 saturated heterocycles. The van der Waals surface area contributed by atoms with Crippen LogP contribution in [0.1, 0.15) is 78.6 Å². The second-order valence-electron chi connectivity index (χ2n) is 17.0. The van der Waals surface area contributed by atoms with Crippen LogP contribution in [0.5, 0.6) is 0 Å². The van der Waals surface area contributed by atoms with Crippen molar-refractivity contribution in [1.29, 1.82) is 0 Å². The van der Waals surface area contributed by atoms with Crippen molar-refractivity contribution in [2.75, 3.05) is 6.61 Å². The first-order valence-corrected chi connectivity index (χ1v) is 21.7. The van der Waals surface area contributed by atoms with E-state index >= 15 is 0 Å². The number of fused-ring (bicyclic) bond motifs is 2. The predicted octanol–water partition coefficient (Wildman–Crippen LogP) is 1.39. The van der Waals surface area contributed by atoms with Crippen LogP contribution in [0.4, 0.5) is 0 Å². The van der Waals surface area contributed by atoms with Crippen LogP contribution in [0, 0.1) is 17.8 Å². The van der Waals surface area contributed by atoms with Gasteiger partial charge in [0.15, 0.2) is 12.1 Å². The summed E-state index contributed by atoms with van der Waals surface area (Å²) in [4.78, 5) is 25.0. The number of cyclic esters (lactones) is 1. The summed E-state index contributed by atoms with van der Waals surface area (Å²) >= 11 is 0. The van der Waals surface area contributed by atoms with Crippen LogP contribution in [0.25, 0.3) is 0 Å². The summed E-state index contributed by atoms with van der Waals surface area (Å²) in [6, 6.07) is 0. The summed E-state index contributed by atoms with van der Waals surface area (Å²) in [6.07, 6.45) is 5.53. The summed E-state index contributed by atoms with van der Waals surface area (Å²) in [7, 11) is 0. The van der Waals surface area contributed by atoms with Gasteiger partial charge in [-0.1, -0.05) is 98.9 Å². The van der Waals surface area contributed by atoms with Gasteiger partial charge in [-0.05, 0) is 26.2 Å². The first-order chi connectivity index (χ1) is 29.8. The Morgan fingerprint density at radius 1 is 0.651 bits per heavy atom. The number of allylic oxidation sites excluding steroid dienone is 12. The van der Waals surface area contributed by atoms with Crippen LogP contribution in [0.2, 0.25) is 0 Å². The van der Waals surface area contributed by atoms with Gasteiger partial charge in [-0.2, -0.15) is 0 Å². The molecule has 0 saturated carbocycles. The molecule has 2 fully saturated rings. The highest BCUT2D eigenvalue weighted by Gasteiger charge is 2.50. The van der Waals surface area contributed by atoms with Gasteiger partial charge in [-0.25, -0.2) is 0 Å². The molecule has 0 aromatic carbocycles. The summed E-state index contributed by atoms with van der Waals surface area (Å²) in [5, 5.41) is 117. The number of carboxylic acids is 1. The fraction of sp³-hybridized carbons (Fsp3) is 0.652. The average Bonchev–Trinajstić information content (AvgIpc) is 3.18. The highest BCUT2D eigenvalue weighted by Crippen LogP contribution is 2.38. The van der Waals surface area contributed by atoms with E-state index in [1.54, 1.807) is 74.6 Å². The molecule has 17 nitrogen and oxygen atoms in total. The Kier molecular flexibility index (Phi) is 23.3. The molecule has 2 bridgehead atoms. The van der Waals surface area contributed by atoms with Crippen LogP contribution < -0.4 is 0 Å². The quantitative estimate of drug-likeness (QED) is 0.179. The number of esters is 1. The van der Waals surface area contributed by atoms with Crippen molar-refractivity contribution < 1.29 is 84.7 Å². The fourth-order valence-electron chi connectivity index (χ4n) is 7.69. The number of aliphatic hydroxyl groups excluding tert-OH is 9. The van der Waals surface area contributed by atoms with Crippen molar-refractivity contribution in [2.24, 2.45) is 17.8 Å². The van der Waals surface area contributed by atoms with E-state index in [0.717, 1.165) is 0 Å². The van der Waals surface area contributed by atoms with Gasteiger partial charge in [-0.3, -0.25) is 9.59 Å².